The lowest BCUT2D eigenvalue weighted by Gasteiger charge is -2.18. The Morgan fingerprint density at radius 3 is 2.70 bits per heavy atom. The number of aliphatic hydroxyl groups excluding tert-OH is 1. The SMILES string of the molecule is CC(O)CSC1CCC(=O)C1CCCCCCC(=O)O. The van der Waals surface area contributed by atoms with Crippen LogP contribution in [0.15, 0.2) is 0 Å². The minimum absolute atomic E-state index is 0.151. The number of hydrogen-bond acceptors (Lipinski definition) is 4. The van der Waals surface area contributed by atoms with E-state index in [1.54, 1.807) is 18.7 Å². The number of hydrogen-bond donors (Lipinski definition) is 2. The van der Waals surface area contributed by atoms with E-state index >= 15 is 0 Å². The number of thioether (sulfide) groups is 1. The van der Waals surface area contributed by atoms with Crippen LogP contribution >= 0.6 is 11.8 Å². The monoisotopic (exact) mass is 302 g/mol. The molecule has 0 aromatic heterocycles. The maximum absolute atomic E-state index is 11.9. The molecule has 0 amide bonds. The van der Waals surface area contributed by atoms with Crippen molar-refractivity contribution in [2.45, 2.75) is 69.6 Å². The lowest BCUT2D eigenvalue weighted by Crippen LogP contribution is -2.19. The molecular formula is C15H26O4S. The van der Waals surface area contributed by atoms with E-state index < -0.39 is 5.97 Å². The summed E-state index contributed by atoms with van der Waals surface area (Å²) in [5, 5.41) is 18.2. The van der Waals surface area contributed by atoms with E-state index in [0.717, 1.165) is 38.5 Å². The average Bonchev–Trinajstić information content (AvgIpc) is 2.72. The highest BCUT2D eigenvalue weighted by molar-refractivity contribution is 8.00. The van der Waals surface area contributed by atoms with E-state index in [9.17, 15) is 14.7 Å². The molecule has 1 rings (SSSR count). The molecule has 0 saturated heterocycles. The van der Waals surface area contributed by atoms with E-state index in [2.05, 4.69) is 0 Å². The minimum Gasteiger partial charge on any atom is -0.481 e. The fourth-order valence-electron chi connectivity index (χ4n) is 2.68. The molecule has 1 fully saturated rings. The summed E-state index contributed by atoms with van der Waals surface area (Å²) < 4.78 is 0. The quantitative estimate of drug-likeness (QED) is 0.607. The Labute approximate surface area is 125 Å². The molecule has 0 bridgehead atoms. The molecule has 4 nitrogen and oxygen atoms in total. The largest absolute Gasteiger partial charge is 0.481 e. The van der Waals surface area contributed by atoms with Crippen LogP contribution in [0, 0.1) is 5.92 Å². The van der Waals surface area contributed by atoms with Crippen molar-refractivity contribution >= 4 is 23.5 Å². The molecular weight excluding hydrogens is 276 g/mol. The molecule has 0 heterocycles. The van der Waals surface area contributed by atoms with Crippen LogP contribution in [-0.4, -0.2) is 39.1 Å². The van der Waals surface area contributed by atoms with Crippen molar-refractivity contribution < 1.29 is 19.8 Å². The van der Waals surface area contributed by atoms with Crippen molar-refractivity contribution in [3.8, 4) is 0 Å². The molecule has 1 aliphatic rings. The number of ketones is 1. The van der Waals surface area contributed by atoms with E-state index in [-0.39, 0.29) is 18.4 Å². The third-order valence-corrected chi connectivity index (χ3v) is 5.41. The van der Waals surface area contributed by atoms with Crippen molar-refractivity contribution in [1.29, 1.82) is 0 Å². The van der Waals surface area contributed by atoms with Crippen LogP contribution in [-0.2, 0) is 9.59 Å². The standard InChI is InChI=1S/C15H26O4S/c1-11(16)10-20-14-9-8-13(17)12(14)6-4-2-3-5-7-15(18)19/h11-12,14,16H,2-10H2,1H3,(H,18,19). The number of carbonyl (C=O) groups is 2. The van der Waals surface area contributed by atoms with Crippen molar-refractivity contribution in [3.05, 3.63) is 0 Å². The van der Waals surface area contributed by atoms with Gasteiger partial charge in [-0.3, -0.25) is 9.59 Å². The molecule has 0 aromatic carbocycles. The number of carboxylic acids is 1. The van der Waals surface area contributed by atoms with E-state index in [4.69, 9.17) is 5.11 Å². The first kappa shape index (κ1) is 17.5. The van der Waals surface area contributed by atoms with Gasteiger partial charge in [0, 0.05) is 29.8 Å². The fourth-order valence-corrected chi connectivity index (χ4v) is 4.01. The summed E-state index contributed by atoms with van der Waals surface area (Å²) in [6, 6.07) is 0. The van der Waals surface area contributed by atoms with Gasteiger partial charge in [-0.25, -0.2) is 0 Å². The van der Waals surface area contributed by atoms with Gasteiger partial charge in [-0.2, -0.15) is 11.8 Å². The summed E-state index contributed by atoms with van der Waals surface area (Å²) >= 11 is 1.73. The summed E-state index contributed by atoms with van der Waals surface area (Å²) in [5.41, 5.74) is 0. The highest BCUT2D eigenvalue weighted by atomic mass is 32.2. The number of carbonyl (C=O) groups excluding carboxylic acids is 1. The number of rotatable bonds is 10. The van der Waals surface area contributed by atoms with Gasteiger partial charge in [-0.05, 0) is 26.2 Å². The summed E-state index contributed by atoms with van der Waals surface area (Å²) in [6.45, 7) is 1.78. The first-order valence-electron chi connectivity index (χ1n) is 7.55. The molecule has 0 aliphatic heterocycles. The van der Waals surface area contributed by atoms with Crippen molar-refractivity contribution in [2.24, 2.45) is 5.92 Å². The second-order valence-corrected chi connectivity index (χ2v) is 6.95. The van der Waals surface area contributed by atoms with Gasteiger partial charge >= 0.3 is 5.97 Å². The van der Waals surface area contributed by atoms with Gasteiger partial charge in [0.05, 0.1) is 6.10 Å². The number of aliphatic carboxylic acids is 1. The van der Waals surface area contributed by atoms with Crippen LogP contribution in [0.1, 0.15) is 58.3 Å². The van der Waals surface area contributed by atoms with Crippen LogP contribution < -0.4 is 0 Å². The van der Waals surface area contributed by atoms with Gasteiger partial charge in [0.25, 0.3) is 0 Å². The highest BCUT2D eigenvalue weighted by Crippen LogP contribution is 2.36. The molecule has 5 heteroatoms. The van der Waals surface area contributed by atoms with Crippen LogP contribution in [0.2, 0.25) is 0 Å². The van der Waals surface area contributed by atoms with Gasteiger partial charge in [-0.15, -0.1) is 0 Å². The molecule has 1 saturated carbocycles. The molecule has 0 spiro atoms. The van der Waals surface area contributed by atoms with Crippen LogP contribution in [0.5, 0.6) is 0 Å². The molecule has 0 aromatic rings. The van der Waals surface area contributed by atoms with Gasteiger partial charge in [0.15, 0.2) is 0 Å². The molecule has 0 radical (unpaired) electrons. The first-order chi connectivity index (χ1) is 9.50. The maximum Gasteiger partial charge on any atom is 0.303 e. The maximum atomic E-state index is 11.9. The molecule has 20 heavy (non-hydrogen) atoms. The average molecular weight is 302 g/mol. The van der Waals surface area contributed by atoms with Gasteiger partial charge in [0.1, 0.15) is 5.78 Å². The summed E-state index contributed by atoms with van der Waals surface area (Å²) in [7, 11) is 0. The summed E-state index contributed by atoms with van der Waals surface area (Å²) in [4.78, 5) is 22.3. The van der Waals surface area contributed by atoms with Crippen LogP contribution in [0.25, 0.3) is 0 Å². The Morgan fingerprint density at radius 1 is 1.35 bits per heavy atom. The normalized spacial score (nSPS) is 24.0. The smallest absolute Gasteiger partial charge is 0.303 e. The molecule has 116 valence electrons. The Hall–Kier alpha value is -0.550. The summed E-state index contributed by atoms with van der Waals surface area (Å²) in [5.74, 6) is 0.495. The second kappa shape index (κ2) is 9.40. The van der Waals surface area contributed by atoms with Crippen molar-refractivity contribution in [2.75, 3.05) is 5.75 Å². The lowest BCUT2D eigenvalue weighted by molar-refractivity contribution is -0.137. The van der Waals surface area contributed by atoms with Crippen LogP contribution in [0.3, 0.4) is 0 Å². The third-order valence-electron chi connectivity index (χ3n) is 3.74. The zero-order chi connectivity index (χ0) is 15.0. The number of Topliss-reactive ketones (excluding diaryl/α,β-unsaturated/α-hetero) is 1. The van der Waals surface area contributed by atoms with Crippen LogP contribution in [0.4, 0.5) is 0 Å². The molecule has 3 atom stereocenters. The Bertz CT molecular complexity index is 317. The Morgan fingerprint density at radius 2 is 2.05 bits per heavy atom. The number of unbranched alkanes of at least 4 members (excludes halogenated alkanes) is 3. The Kier molecular flexibility index (Phi) is 8.22. The third kappa shape index (κ3) is 6.75. The number of aliphatic hydroxyl groups is 1. The predicted octanol–water partition coefficient (Wildman–Crippen LogP) is 2.87. The predicted molar refractivity (Wildman–Crippen MR) is 81.0 cm³/mol. The molecule has 1 aliphatic carbocycles. The summed E-state index contributed by atoms with van der Waals surface area (Å²) in [6.07, 6.45) is 6.14. The molecule has 3 unspecified atom stereocenters. The number of carboxylic acid groups (broad SMARTS) is 1. The fraction of sp³-hybridized carbons (Fsp3) is 0.867. The van der Waals surface area contributed by atoms with E-state index in [1.807, 2.05) is 0 Å². The Balaban J connectivity index is 2.18. The first-order valence-corrected chi connectivity index (χ1v) is 8.59. The zero-order valence-corrected chi connectivity index (χ0v) is 13.0. The van der Waals surface area contributed by atoms with Gasteiger partial charge < -0.3 is 10.2 Å². The minimum atomic E-state index is -0.731. The second-order valence-electron chi connectivity index (χ2n) is 5.68. The molecule has 2 N–H and O–H groups in total. The van der Waals surface area contributed by atoms with E-state index in [1.165, 1.54) is 0 Å². The van der Waals surface area contributed by atoms with Crippen molar-refractivity contribution in [1.82, 2.24) is 0 Å². The van der Waals surface area contributed by atoms with E-state index in [0.29, 0.717) is 23.2 Å². The highest BCUT2D eigenvalue weighted by Gasteiger charge is 2.34. The van der Waals surface area contributed by atoms with Crippen molar-refractivity contribution in [3.63, 3.8) is 0 Å². The zero-order valence-electron chi connectivity index (χ0n) is 12.2. The lowest BCUT2D eigenvalue weighted by atomic mass is 9.98. The van der Waals surface area contributed by atoms with Gasteiger partial charge in [0.2, 0.25) is 0 Å². The van der Waals surface area contributed by atoms with Gasteiger partial charge in [-0.1, -0.05) is 19.3 Å². The topological polar surface area (TPSA) is 74.6 Å².